The second-order valence-electron chi connectivity index (χ2n) is 6.06. The van der Waals surface area contributed by atoms with E-state index in [1.54, 1.807) is 18.2 Å². The third-order valence-corrected chi connectivity index (χ3v) is 3.86. The van der Waals surface area contributed by atoms with Gasteiger partial charge in [-0.25, -0.2) is 0 Å². The van der Waals surface area contributed by atoms with Crippen LogP contribution in [0.3, 0.4) is 0 Å². The number of likely N-dealkylation sites (N-methyl/N-ethyl adjacent to an activating group) is 1. The largest absolute Gasteiger partial charge is 0.490 e. The molecule has 0 aliphatic carbocycles. The number of benzene rings is 1. The number of hydrogen-bond acceptors (Lipinski definition) is 4. The standard InChI is InChI=1S/C18H25N3O3/c1-4-17(22)19-15-8-7-14(18(23)21-9-5-6-10-21)13-16(15)24-12-11-20(2)3/h4,7-8,13H,1,5-6,9-12H2,2-3H3,(H,19,22). The molecule has 1 aliphatic heterocycles. The summed E-state index contributed by atoms with van der Waals surface area (Å²) in [5.41, 5.74) is 1.12. The normalized spacial score (nSPS) is 13.9. The molecule has 1 fully saturated rings. The average Bonchev–Trinajstić information content (AvgIpc) is 3.09. The van der Waals surface area contributed by atoms with Crippen LogP contribution < -0.4 is 10.1 Å². The molecule has 1 N–H and O–H groups in total. The fourth-order valence-electron chi connectivity index (χ4n) is 2.50. The van der Waals surface area contributed by atoms with E-state index < -0.39 is 0 Å². The Morgan fingerprint density at radius 3 is 2.67 bits per heavy atom. The van der Waals surface area contributed by atoms with E-state index in [1.807, 2.05) is 23.9 Å². The number of nitrogens with zero attached hydrogens (tertiary/aromatic N) is 2. The van der Waals surface area contributed by atoms with E-state index in [-0.39, 0.29) is 11.8 Å². The van der Waals surface area contributed by atoms with E-state index in [0.29, 0.717) is 23.6 Å². The van der Waals surface area contributed by atoms with Gasteiger partial charge in [-0.1, -0.05) is 6.58 Å². The molecule has 0 atom stereocenters. The lowest BCUT2D eigenvalue weighted by Gasteiger charge is -2.18. The Bertz CT molecular complexity index is 608. The Balaban J connectivity index is 2.19. The number of rotatable bonds is 7. The molecule has 6 nitrogen and oxygen atoms in total. The van der Waals surface area contributed by atoms with Gasteiger partial charge < -0.3 is 19.9 Å². The zero-order chi connectivity index (χ0) is 17.5. The van der Waals surface area contributed by atoms with E-state index in [4.69, 9.17) is 4.74 Å². The van der Waals surface area contributed by atoms with Crippen LogP contribution in [0.25, 0.3) is 0 Å². The molecule has 1 aromatic rings. The topological polar surface area (TPSA) is 61.9 Å². The molecule has 0 radical (unpaired) electrons. The summed E-state index contributed by atoms with van der Waals surface area (Å²) >= 11 is 0. The molecule has 1 saturated heterocycles. The van der Waals surface area contributed by atoms with Crippen LogP contribution in [0.5, 0.6) is 5.75 Å². The summed E-state index contributed by atoms with van der Waals surface area (Å²) in [5.74, 6) is 0.190. The monoisotopic (exact) mass is 331 g/mol. The van der Waals surface area contributed by atoms with Crippen molar-refractivity contribution >= 4 is 17.5 Å². The number of carbonyl (C=O) groups is 2. The first-order chi connectivity index (χ1) is 11.5. The van der Waals surface area contributed by atoms with Gasteiger partial charge >= 0.3 is 0 Å². The molecule has 6 heteroatoms. The van der Waals surface area contributed by atoms with E-state index in [1.165, 1.54) is 6.08 Å². The van der Waals surface area contributed by atoms with Crippen molar-refractivity contribution in [3.63, 3.8) is 0 Å². The maximum absolute atomic E-state index is 12.5. The third-order valence-electron chi connectivity index (χ3n) is 3.86. The van der Waals surface area contributed by atoms with Crippen molar-refractivity contribution in [3.05, 3.63) is 36.4 Å². The van der Waals surface area contributed by atoms with Crippen molar-refractivity contribution in [2.45, 2.75) is 12.8 Å². The summed E-state index contributed by atoms with van der Waals surface area (Å²) in [4.78, 5) is 28.0. The fourth-order valence-corrected chi connectivity index (χ4v) is 2.50. The minimum atomic E-state index is -0.314. The maximum Gasteiger partial charge on any atom is 0.253 e. The van der Waals surface area contributed by atoms with Crippen LogP contribution >= 0.6 is 0 Å². The van der Waals surface area contributed by atoms with Crippen molar-refractivity contribution in [2.75, 3.05) is 45.7 Å². The van der Waals surface area contributed by atoms with Crippen molar-refractivity contribution in [2.24, 2.45) is 0 Å². The Kier molecular flexibility index (Phi) is 6.37. The van der Waals surface area contributed by atoms with Crippen LogP contribution in [-0.2, 0) is 4.79 Å². The van der Waals surface area contributed by atoms with Gasteiger partial charge in [-0.2, -0.15) is 0 Å². The number of likely N-dealkylation sites (tertiary alicyclic amines) is 1. The lowest BCUT2D eigenvalue weighted by molar-refractivity contribution is -0.111. The maximum atomic E-state index is 12.5. The minimum absolute atomic E-state index is 0.00607. The highest BCUT2D eigenvalue weighted by molar-refractivity contribution is 6.01. The first-order valence-corrected chi connectivity index (χ1v) is 8.15. The van der Waals surface area contributed by atoms with Crippen molar-refractivity contribution in [3.8, 4) is 5.75 Å². The van der Waals surface area contributed by atoms with Crippen LogP contribution in [0.4, 0.5) is 5.69 Å². The number of ether oxygens (including phenoxy) is 1. The van der Waals surface area contributed by atoms with Crippen LogP contribution in [0.15, 0.2) is 30.9 Å². The number of amides is 2. The van der Waals surface area contributed by atoms with Gasteiger partial charge in [0.2, 0.25) is 5.91 Å². The van der Waals surface area contributed by atoms with Crippen LogP contribution in [-0.4, -0.2) is 62.0 Å². The first-order valence-electron chi connectivity index (χ1n) is 8.15. The molecule has 0 saturated carbocycles. The zero-order valence-electron chi connectivity index (χ0n) is 14.4. The second kappa shape index (κ2) is 8.49. The van der Waals surface area contributed by atoms with Crippen molar-refractivity contribution in [1.82, 2.24) is 9.80 Å². The smallest absolute Gasteiger partial charge is 0.253 e. The van der Waals surface area contributed by atoms with Gasteiger partial charge in [0.25, 0.3) is 5.91 Å². The molecule has 24 heavy (non-hydrogen) atoms. The predicted molar refractivity (Wildman–Crippen MR) is 94.5 cm³/mol. The molecule has 0 bridgehead atoms. The van der Waals surface area contributed by atoms with Crippen molar-refractivity contribution < 1.29 is 14.3 Å². The molecular weight excluding hydrogens is 306 g/mol. The number of carbonyl (C=O) groups excluding carboxylic acids is 2. The highest BCUT2D eigenvalue weighted by Gasteiger charge is 2.20. The van der Waals surface area contributed by atoms with Gasteiger partial charge in [-0.15, -0.1) is 0 Å². The molecule has 1 aromatic carbocycles. The van der Waals surface area contributed by atoms with Crippen LogP contribution in [0.1, 0.15) is 23.2 Å². The highest BCUT2D eigenvalue weighted by atomic mass is 16.5. The predicted octanol–water partition coefficient (Wildman–Crippen LogP) is 1.99. The van der Waals surface area contributed by atoms with Crippen LogP contribution in [0, 0.1) is 0 Å². The molecule has 2 rings (SSSR count). The lowest BCUT2D eigenvalue weighted by Crippen LogP contribution is -2.27. The summed E-state index contributed by atoms with van der Waals surface area (Å²) in [6, 6.07) is 5.13. The summed E-state index contributed by atoms with van der Waals surface area (Å²) in [6.45, 7) is 6.24. The zero-order valence-corrected chi connectivity index (χ0v) is 14.4. The molecule has 1 heterocycles. The molecule has 0 aromatic heterocycles. The molecule has 0 spiro atoms. The Hall–Kier alpha value is -2.34. The SMILES string of the molecule is C=CC(=O)Nc1ccc(C(=O)N2CCCC2)cc1OCCN(C)C. The number of hydrogen-bond donors (Lipinski definition) is 1. The summed E-state index contributed by atoms with van der Waals surface area (Å²) in [7, 11) is 3.91. The Morgan fingerprint density at radius 1 is 1.33 bits per heavy atom. The highest BCUT2D eigenvalue weighted by Crippen LogP contribution is 2.27. The molecular formula is C18H25N3O3. The number of anilines is 1. The quantitative estimate of drug-likeness (QED) is 0.776. The summed E-state index contributed by atoms with van der Waals surface area (Å²) in [5, 5.41) is 2.71. The van der Waals surface area contributed by atoms with Gasteiger partial charge in [-0.3, -0.25) is 9.59 Å². The van der Waals surface area contributed by atoms with E-state index >= 15 is 0 Å². The van der Waals surface area contributed by atoms with Gasteiger partial charge in [0.15, 0.2) is 0 Å². The second-order valence-corrected chi connectivity index (χ2v) is 6.06. The first kappa shape index (κ1) is 18.0. The lowest BCUT2D eigenvalue weighted by atomic mass is 10.1. The number of nitrogens with one attached hydrogen (secondary N) is 1. The Labute approximate surface area is 143 Å². The molecule has 1 aliphatic rings. The molecule has 2 amide bonds. The minimum Gasteiger partial charge on any atom is -0.490 e. The summed E-state index contributed by atoms with van der Waals surface area (Å²) < 4.78 is 5.79. The summed E-state index contributed by atoms with van der Waals surface area (Å²) in [6.07, 6.45) is 3.30. The van der Waals surface area contributed by atoms with E-state index in [0.717, 1.165) is 32.5 Å². The molecule has 0 unspecified atom stereocenters. The van der Waals surface area contributed by atoms with Crippen molar-refractivity contribution in [1.29, 1.82) is 0 Å². The van der Waals surface area contributed by atoms with E-state index in [2.05, 4.69) is 11.9 Å². The Morgan fingerprint density at radius 2 is 2.04 bits per heavy atom. The third kappa shape index (κ3) is 4.83. The molecule has 130 valence electrons. The average molecular weight is 331 g/mol. The van der Waals surface area contributed by atoms with Gasteiger partial charge in [0.1, 0.15) is 12.4 Å². The van der Waals surface area contributed by atoms with Gasteiger partial charge in [-0.05, 0) is 51.2 Å². The van der Waals surface area contributed by atoms with Gasteiger partial charge in [0.05, 0.1) is 5.69 Å². The van der Waals surface area contributed by atoms with Crippen LogP contribution in [0.2, 0.25) is 0 Å². The fraction of sp³-hybridized carbons (Fsp3) is 0.444. The van der Waals surface area contributed by atoms with E-state index in [9.17, 15) is 9.59 Å². The van der Waals surface area contributed by atoms with Gasteiger partial charge in [0, 0.05) is 25.2 Å².